The van der Waals surface area contributed by atoms with Gasteiger partial charge in [0.15, 0.2) is 11.5 Å². The molecule has 0 atom stereocenters. The molecule has 2 heterocycles. The number of nitrogens with one attached hydrogen (secondary N) is 2. The van der Waals surface area contributed by atoms with E-state index in [2.05, 4.69) is 62.5 Å². The Bertz CT molecular complexity index is 1560. The molecule has 5 rings (SSSR count). The number of amides is 1. The Morgan fingerprint density at radius 2 is 1.80 bits per heavy atom. The van der Waals surface area contributed by atoms with Crippen LogP contribution in [0.15, 0.2) is 71.8 Å². The quantitative estimate of drug-likeness (QED) is 0.261. The lowest BCUT2D eigenvalue weighted by molar-refractivity contribution is 0.0950. The van der Waals surface area contributed by atoms with Gasteiger partial charge in [-0.05, 0) is 55.0 Å². The first-order chi connectivity index (χ1) is 17.1. The first-order valence-corrected chi connectivity index (χ1v) is 11.2. The Morgan fingerprint density at radius 1 is 1.00 bits per heavy atom. The van der Waals surface area contributed by atoms with E-state index in [1.165, 1.54) is 16.4 Å². The zero-order chi connectivity index (χ0) is 24.4. The molecule has 0 spiro atoms. The van der Waals surface area contributed by atoms with Crippen LogP contribution in [0.2, 0.25) is 0 Å². The fourth-order valence-electron chi connectivity index (χ4n) is 4.30. The lowest BCUT2D eigenvalue weighted by Crippen LogP contribution is -2.18. The van der Waals surface area contributed by atoms with Crippen molar-refractivity contribution in [2.24, 2.45) is 5.10 Å². The van der Waals surface area contributed by atoms with Gasteiger partial charge in [-0.25, -0.2) is 5.43 Å². The summed E-state index contributed by atoms with van der Waals surface area (Å²) in [4.78, 5) is 12.6. The molecule has 5 aromatic rings. The average Bonchev–Trinajstić information content (AvgIpc) is 3.51. The maximum atomic E-state index is 12.6. The number of methoxy groups -OCH3 is 2. The standard InChI is InChI=1S/C27H25N5O3/c1-4-32-23-8-6-5-7-19(23)20-13-17(9-11-24(20)32)16-28-31-27(33)22-15-21(29-30-22)18-10-12-25(34-2)26(14-18)35-3/h5-16H,4H2,1-3H3,(H,29,30)(H,31,33)/b28-16-. The lowest BCUT2D eigenvalue weighted by atomic mass is 10.1. The van der Waals surface area contributed by atoms with Gasteiger partial charge in [-0.1, -0.05) is 24.3 Å². The third-order valence-electron chi connectivity index (χ3n) is 5.99. The zero-order valence-corrected chi connectivity index (χ0v) is 19.7. The first kappa shape index (κ1) is 22.2. The highest BCUT2D eigenvalue weighted by Gasteiger charge is 2.13. The maximum absolute atomic E-state index is 12.6. The summed E-state index contributed by atoms with van der Waals surface area (Å²) < 4.78 is 12.9. The number of carbonyl (C=O) groups is 1. The third-order valence-corrected chi connectivity index (χ3v) is 5.99. The number of ether oxygens (including phenoxy) is 2. The van der Waals surface area contributed by atoms with Crippen molar-refractivity contribution in [1.29, 1.82) is 0 Å². The van der Waals surface area contributed by atoms with Crippen LogP contribution in [-0.2, 0) is 6.54 Å². The fourth-order valence-corrected chi connectivity index (χ4v) is 4.30. The van der Waals surface area contributed by atoms with Gasteiger partial charge in [-0.15, -0.1) is 0 Å². The van der Waals surface area contributed by atoms with Crippen LogP contribution in [0.4, 0.5) is 0 Å². The normalized spacial score (nSPS) is 11.4. The number of para-hydroxylation sites is 1. The van der Waals surface area contributed by atoms with E-state index in [0.29, 0.717) is 22.9 Å². The number of hydrogen-bond acceptors (Lipinski definition) is 5. The molecule has 0 aliphatic carbocycles. The van der Waals surface area contributed by atoms with E-state index in [1.54, 1.807) is 38.6 Å². The van der Waals surface area contributed by atoms with Gasteiger partial charge in [-0.3, -0.25) is 9.89 Å². The molecule has 0 saturated carbocycles. The molecule has 35 heavy (non-hydrogen) atoms. The predicted octanol–water partition coefficient (Wildman–Crippen LogP) is 4.99. The minimum Gasteiger partial charge on any atom is -0.493 e. The van der Waals surface area contributed by atoms with Crippen molar-refractivity contribution in [3.8, 4) is 22.8 Å². The van der Waals surface area contributed by atoms with Crippen molar-refractivity contribution < 1.29 is 14.3 Å². The number of aromatic nitrogens is 3. The Morgan fingerprint density at radius 3 is 2.60 bits per heavy atom. The molecule has 0 saturated heterocycles. The van der Waals surface area contributed by atoms with E-state index in [1.807, 2.05) is 18.2 Å². The van der Waals surface area contributed by atoms with Crippen molar-refractivity contribution in [1.82, 2.24) is 20.2 Å². The molecule has 0 aliphatic rings. The van der Waals surface area contributed by atoms with Crippen molar-refractivity contribution in [2.45, 2.75) is 13.5 Å². The van der Waals surface area contributed by atoms with E-state index in [4.69, 9.17) is 9.47 Å². The molecule has 2 aromatic heterocycles. The van der Waals surface area contributed by atoms with Crippen LogP contribution in [-0.4, -0.2) is 41.1 Å². The summed E-state index contributed by atoms with van der Waals surface area (Å²) in [6, 6.07) is 21.6. The van der Waals surface area contributed by atoms with Crippen LogP contribution >= 0.6 is 0 Å². The summed E-state index contributed by atoms with van der Waals surface area (Å²) in [6.45, 7) is 3.03. The predicted molar refractivity (Wildman–Crippen MR) is 137 cm³/mol. The highest BCUT2D eigenvalue weighted by molar-refractivity contribution is 6.09. The Balaban J connectivity index is 1.33. The fraction of sp³-hybridized carbons (Fsp3) is 0.148. The van der Waals surface area contributed by atoms with Crippen molar-refractivity contribution in [2.75, 3.05) is 14.2 Å². The summed E-state index contributed by atoms with van der Waals surface area (Å²) in [6.07, 6.45) is 1.64. The zero-order valence-electron chi connectivity index (χ0n) is 19.7. The molecule has 0 unspecified atom stereocenters. The van der Waals surface area contributed by atoms with Crippen LogP contribution in [0, 0.1) is 0 Å². The minimum absolute atomic E-state index is 0.299. The molecule has 176 valence electrons. The number of H-pyrrole nitrogens is 1. The van der Waals surface area contributed by atoms with Crippen LogP contribution in [0.5, 0.6) is 11.5 Å². The molecular weight excluding hydrogens is 442 g/mol. The van der Waals surface area contributed by atoms with Crippen LogP contribution in [0.25, 0.3) is 33.1 Å². The Hall–Kier alpha value is -4.59. The second-order valence-electron chi connectivity index (χ2n) is 7.97. The number of rotatable bonds is 7. The number of aryl methyl sites for hydroxylation is 1. The van der Waals surface area contributed by atoms with Crippen LogP contribution < -0.4 is 14.9 Å². The monoisotopic (exact) mass is 467 g/mol. The molecule has 0 fully saturated rings. The van der Waals surface area contributed by atoms with Crippen LogP contribution in [0.3, 0.4) is 0 Å². The van der Waals surface area contributed by atoms with Crippen molar-refractivity contribution in [3.05, 3.63) is 78.0 Å². The second-order valence-corrected chi connectivity index (χ2v) is 7.97. The summed E-state index contributed by atoms with van der Waals surface area (Å²) in [5.74, 6) is 0.823. The summed E-state index contributed by atoms with van der Waals surface area (Å²) in [5, 5.41) is 13.5. The number of hydrazone groups is 1. The summed E-state index contributed by atoms with van der Waals surface area (Å²) in [7, 11) is 3.15. The van der Waals surface area contributed by atoms with Gasteiger partial charge in [0, 0.05) is 33.9 Å². The highest BCUT2D eigenvalue weighted by Crippen LogP contribution is 2.32. The molecule has 1 amide bonds. The second kappa shape index (κ2) is 9.34. The molecule has 0 aliphatic heterocycles. The van der Waals surface area contributed by atoms with Gasteiger partial charge in [0.05, 0.1) is 26.1 Å². The number of carbonyl (C=O) groups excluding carboxylic acids is 1. The largest absolute Gasteiger partial charge is 0.493 e. The molecule has 3 aromatic carbocycles. The number of benzene rings is 3. The molecule has 0 radical (unpaired) electrons. The average molecular weight is 468 g/mol. The topological polar surface area (TPSA) is 93.5 Å². The van der Waals surface area contributed by atoms with E-state index >= 15 is 0 Å². The van der Waals surface area contributed by atoms with Gasteiger partial charge in [0.1, 0.15) is 5.69 Å². The summed E-state index contributed by atoms with van der Waals surface area (Å²) in [5.41, 5.74) is 7.54. The van der Waals surface area contributed by atoms with Gasteiger partial charge < -0.3 is 14.0 Å². The SMILES string of the molecule is CCn1c2ccccc2c2cc(/C=N\NC(=O)c3cc(-c4ccc(OC)c(OC)c4)n[nH]3)ccc21. The molecule has 0 bridgehead atoms. The van der Waals surface area contributed by atoms with Gasteiger partial charge in [-0.2, -0.15) is 10.2 Å². The third kappa shape index (κ3) is 4.10. The summed E-state index contributed by atoms with van der Waals surface area (Å²) >= 11 is 0. The van der Waals surface area contributed by atoms with Crippen molar-refractivity contribution >= 4 is 33.9 Å². The lowest BCUT2D eigenvalue weighted by Gasteiger charge is -2.08. The number of fused-ring (bicyclic) bond motifs is 3. The maximum Gasteiger partial charge on any atom is 0.289 e. The smallest absolute Gasteiger partial charge is 0.289 e. The Kier molecular flexibility index (Phi) is 5.93. The van der Waals surface area contributed by atoms with E-state index in [9.17, 15) is 4.79 Å². The first-order valence-electron chi connectivity index (χ1n) is 11.2. The van der Waals surface area contributed by atoms with Gasteiger partial charge in [0.25, 0.3) is 5.91 Å². The van der Waals surface area contributed by atoms with Crippen molar-refractivity contribution in [3.63, 3.8) is 0 Å². The van der Waals surface area contributed by atoms with E-state index in [0.717, 1.165) is 23.1 Å². The van der Waals surface area contributed by atoms with Gasteiger partial charge >= 0.3 is 0 Å². The van der Waals surface area contributed by atoms with Crippen LogP contribution in [0.1, 0.15) is 23.0 Å². The molecule has 8 heteroatoms. The van der Waals surface area contributed by atoms with E-state index < -0.39 is 0 Å². The van der Waals surface area contributed by atoms with E-state index in [-0.39, 0.29) is 5.91 Å². The number of hydrogen-bond donors (Lipinski definition) is 2. The molecular formula is C27H25N5O3. The minimum atomic E-state index is -0.385. The highest BCUT2D eigenvalue weighted by atomic mass is 16.5. The number of nitrogens with zero attached hydrogens (tertiary/aromatic N) is 3. The Labute approximate surface area is 202 Å². The molecule has 8 nitrogen and oxygen atoms in total. The number of aromatic amines is 1. The van der Waals surface area contributed by atoms with Gasteiger partial charge in [0.2, 0.25) is 0 Å². The molecule has 2 N–H and O–H groups in total.